The summed E-state index contributed by atoms with van der Waals surface area (Å²) >= 11 is 0. The van der Waals surface area contributed by atoms with Gasteiger partial charge in [0.1, 0.15) is 7.05 Å². The second kappa shape index (κ2) is 14.3. The number of anilines is 1. The van der Waals surface area contributed by atoms with Gasteiger partial charge in [0, 0.05) is 61.1 Å². The zero-order valence-electron chi connectivity index (χ0n) is 28.4. The smallest absolute Gasteiger partial charge is 0.303 e. The number of hydrogen-bond acceptors (Lipinski definition) is 6. The van der Waals surface area contributed by atoms with Gasteiger partial charge in [-0.15, -0.1) is 0 Å². The van der Waals surface area contributed by atoms with E-state index in [1.807, 2.05) is 73.8 Å². The van der Waals surface area contributed by atoms with Crippen LogP contribution in [0, 0.1) is 0 Å². The lowest BCUT2D eigenvalue weighted by atomic mass is 9.81. The highest BCUT2D eigenvalue weighted by Crippen LogP contribution is 2.47. The maximum atomic E-state index is 13.2. The number of sulfonamides is 1. The third kappa shape index (κ3) is 7.89. The fourth-order valence-electron chi connectivity index (χ4n) is 6.50. The average molecular weight is 697 g/mol. The van der Waals surface area contributed by atoms with Crippen LogP contribution in [0.5, 0.6) is 0 Å². The molecule has 10 nitrogen and oxygen atoms in total. The van der Waals surface area contributed by atoms with Crippen molar-refractivity contribution >= 4 is 43.2 Å². The summed E-state index contributed by atoms with van der Waals surface area (Å²) in [6.45, 7) is 8.97. The van der Waals surface area contributed by atoms with Gasteiger partial charge in [-0.3, -0.25) is 9.35 Å². The van der Waals surface area contributed by atoms with Crippen molar-refractivity contribution in [3.05, 3.63) is 102 Å². The number of benzene rings is 2. The molecule has 0 bridgehead atoms. The molecule has 2 N–H and O–H groups in total. The summed E-state index contributed by atoms with van der Waals surface area (Å²) in [5, 5.41) is 8.90. The number of carboxylic acid groups (broad SMARTS) is 1. The topological polar surface area (TPSA) is 135 Å². The number of carbonyl (C=O) groups is 1. The molecule has 0 fully saturated rings. The normalized spacial score (nSPS) is 18.2. The number of allylic oxidation sites excluding steroid dienone is 8. The molecule has 2 aromatic rings. The predicted octanol–water partition coefficient (Wildman–Crippen LogP) is 5.81. The summed E-state index contributed by atoms with van der Waals surface area (Å²) in [7, 11) is -4.40. The van der Waals surface area contributed by atoms with E-state index >= 15 is 0 Å². The molecule has 2 aliphatic rings. The van der Waals surface area contributed by atoms with Crippen LogP contribution in [-0.4, -0.2) is 80.0 Å². The average Bonchev–Trinajstić information content (AvgIpc) is 3.33. The van der Waals surface area contributed by atoms with Crippen LogP contribution < -0.4 is 4.90 Å². The number of carboxylic acids is 1. The fourth-order valence-corrected chi connectivity index (χ4v) is 8.23. The molecule has 0 spiro atoms. The molecule has 0 saturated carbocycles. The van der Waals surface area contributed by atoms with Crippen LogP contribution in [0.2, 0.25) is 0 Å². The second-order valence-electron chi connectivity index (χ2n) is 13.2. The molecule has 0 radical (unpaired) electrons. The SMILES string of the molecule is CN(CCCC(=O)O)S(=O)(=O)c1ccc2c(c1)C(C)(C)C(/C=C/C=C/C=C/C=C1/N(CCCS(=O)(=O)O)c3ccccc3C1(C)C)=[N+]2C. The molecule has 0 atom stereocenters. The molecule has 12 heteroatoms. The summed E-state index contributed by atoms with van der Waals surface area (Å²) in [5.74, 6) is -1.25. The highest BCUT2D eigenvalue weighted by molar-refractivity contribution is 7.89. The van der Waals surface area contributed by atoms with Crippen LogP contribution in [0.15, 0.2) is 95.6 Å². The Hall–Kier alpha value is -3.84. The van der Waals surface area contributed by atoms with Gasteiger partial charge >= 0.3 is 5.97 Å². The molecule has 0 saturated heterocycles. The lowest BCUT2D eigenvalue weighted by Crippen LogP contribution is -2.29. The summed E-state index contributed by atoms with van der Waals surface area (Å²) in [6.07, 6.45) is 14.2. The van der Waals surface area contributed by atoms with E-state index in [1.54, 1.807) is 12.1 Å². The molecular formula is C36H46N3O7S2+. The van der Waals surface area contributed by atoms with Crippen LogP contribution in [0.3, 0.4) is 0 Å². The third-order valence-corrected chi connectivity index (χ3v) is 11.8. The van der Waals surface area contributed by atoms with Crippen molar-refractivity contribution in [2.24, 2.45) is 0 Å². The van der Waals surface area contributed by atoms with Crippen LogP contribution in [0.4, 0.5) is 11.4 Å². The highest BCUT2D eigenvalue weighted by Gasteiger charge is 2.44. The molecule has 4 rings (SSSR count). The largest absolute Gasteiger partial charge is 0.481 e. The van der Waals surface area contributed by atoms with Crippen molar-refractivity contribution in [3.8, 4) is 0 Å². The number of fused-ring (bicyclic) bond motifs is 2. The molecule has 2 aromatic carbocycles. The Bertz CT molecular complexity index is 1940. The quantitative estimate of drug-likeness (QED) is 0.144. The summed E-state index contributed by atoms with van der Waals surface area (Å²) in [5.41, 5.74) is 5.28. The number of nitrogens with zero attached hydrogens (tertiary/aromatic N) is 3. The van der Waals surface area contributed by atoms with E-state index in [4.69, 9.17) is 5.11 Å². The van der Waals surface area contributed by atoms with Gasteiger partial charge in [-0.2, -0.15) is 13.0 Å². The van der Waals surface area contributed by atoms with Crippen molar-refractivity contribution < 1.29 is 35.9 Å². The van der Waals surface area contributed by atoms with Crippen molar-refractivity contribution in [1.29, 1.82) is 0 Å². The molecule has 0 aliphatic carbocycles. The molecule has 2 aliphatic heterocycles. The van der Waals surface area contributed by atoms with Gasteiger partial charge in [-0.1, -0.05) is 62.4 Å². The van der Waals surface area contributed by atoms with Gasteiger partial charge in [-0.25, -0.2) is 12.7 Å². The number of hydrogen-bond donors (Lipinski definition) is 2. The summed E-state index contributed by atoms with van der Waals surface area (Å²) < 4.78 is 61.6. The van der Waals surface area contributed by atoms with E-state index in [-0.39, 0.29) is 35.4 Å². The fraction of sp³-hybridized carbons (Fsp3) is 0.389. The maximum Gasteiger partial charge on any atom is 0.303 e. The Morgan fingerprint density at radius 3 is 2.27 bits per heavy atom. The van der Waals surface area contributed by atoms with Crippen molar-refractivity contribution in [2.45, 2.75) is 62.7 Å². The molecule has 2 heterocycles. The minimum Gasteiger partial charge on any atom is -0.481 e. The summed E-state index contributed by atoms with van der Waals surface area (Å²) in [6, 6.07) is 13.2. The van der Waals surface area contributed by atoms with Crippen molar-refractivity contribution in [1.82, 2.24) is 4.31 Å². The second-order valence-corrected chi connectivity index (χ2v) is 16.8. The zero-order valence-corrected chi connectivity index (χ0v) is 30.1. The van der Waals surface area contributed by atoms with Crippen LogP contribution >= 0.6 is 0 Å². The maximum absolute atomic E-state index is 13.2. The number of rotatable bonds is 14. The molecule has 0 unspecified atom stereocenters. The Labute approximate surface area is 284 Å². The van der Waals surface area contributed by atoms with Gasteiger partial charge in [0.15, 0.2) is 5.71 Å². The molecule has 0 aromatic heterocycles. The lowest BCUT2D eigenvalue weighted by molar-refractivity contribution is -0.401. The molecule has 0 amide bonds. The zero-order chi connectivity index (χ0) is 35.5. The first-order valence-electron chi connectivity index (χ1n) is 15.9. The van der Waals surface area contributed by atoms with Gasteiger partial charge in [-0.05, 0) is 56.5 Å². The van der Waals surface area contributed by atoms with Gasteiger partial charge < -0.3 is 10.0 Å². The highest BCUT2D eigenvalue weighted by atomic mass is 32.2. The van der Waals surface area contributed by atoms with E-state index < -0.39 is 31.5 Å². The Morgan fingerprint density at radius 2 is 1.58 bits per heavy atom. The predicted molar refractivity (Wildman–Crippen MR) is 190 cm³/mol. The number of aliphatic carboxylic acids is 1. The van der Waals surface area contributed by atoms with Crippen molar-refractivity contribution in [2.75, 3.05) is 37.8 Å². The first-order valence-corrected chi connectivity index (χ1v) is 18.9. The lowest BCUT2D eigenvalue weighted by Gasteiger charge is -2.27. The van der Waals surface area contributed by atoms with E-state index in [0.717, 1.165) is 33.9 Å². The number of para-hydroxylation sites is 1. The van der Waals surface area contributed by atoms with Gasteiger partial charge in [0.2, 0.25) is 15.7 Å². The Morgan fingerprint density at radius 1 is 0.917 bits per heavy atom. The Balaban J connectivity index is 1.47. The van der Waals surface area contributed by atoms with E-state index in [1.165, 1.54) is 11.4 Å². The molecule has 258 valence electrons. The first kappa shape index (κ1) is 37.0. The molecule has 48 heavy (non-hydrogen) atoms. The Kier molecular flexibility index (Phi) is 11.0. The minimum atomic E-state index is -4.04. The standard InChI is InChI=1S/C36H45N3O7S2/c1-35(2)28-16-12-13-17-31(28)39(24-15-25-47(42,43)44)33(35)19-11-9-7-8-10-18-32-36(3,4)29-26-27(21-22-30(29)38(32)6)48(45,46)37(5)23-14-20-34(40)41/h7-13,16-19,21-22,26H,14-15,20,23-25H2,1-6H3,(H-,40,41,42,43,44)/p+1. The summed E-state index contributed by atoms with van der Waals surface area (Å²) in [4.78, 5) is 13.2. The third-order valence-electron chi connectivity index (χ3n) is 9.11. The van der Waals surface area contributed by atoms with Gasteiger partial charge in [0.25, 0.3) is 10.1 Å². The van der Waals surface area contributed by atoms with Crippen LogP contribution in [0.1, 0.15) is 58.1 Å². The monoisotopic (exact) mass is 696 g/mol. The molecular weight excluding hydrogens is 651 g/mol. The van der Waals surface area contributed by atoms with Crippen molar-refractivity contribution in [3.63, 3.8) is 0 Å². The van der Waals surface area contributed by atoms with Crippen LogP contribution in [0.25, 0.3) is 0 Å². The van der Waals surface area contributed by atoms with Gasteiger partial charge in [0.05, 0.1) is 16.1 Å². The minimum absolute atomic E-state index is 0.0952. The van der Waals surface area contributed by atoms with E-state index in [2.05, 4.69) is 43.2 Å². The van der Waals surface area contributed by atoms with E-state index in [0.29, 0.717) is 13.0 Å². The van der Waals surface area contributed by atoms with Crippen LogP contribution in [-0.2, 0) is 35.8 Å². The van der Waals surface area contributed by atoms with E-state index in [9.17, 15) is 26.2 Å². The first-order chi connectivity index (χ1) is 22.4.